The molecule has 2 aliphatic heterocycles. The molecule has 2 unspecified atom stereocenters. The highest BCUT2D eigenvalue weighted by Gasteiger charge is 2.36. The van der Waals surface area contributed by atoms with E-state index in [0.717, 1.165) is 45.4 Å². The van der Waals surface area contributed by atoms with Crippen LogP contribution in [0, 0.1) is 17.8 Å². The van der Waals surface area contributed by atoms with E-state index in [4.69, 9.17) is 4.74 Å². The molecular formula is C17H30N6O2. The van der Waals surface area contributed by atoms with Crippen molar-refractivity contribution in [2.24, 2.45) is 17.8 Å². The summed E-state index contributed by atoms with van der Waals surface area (Å²) >= 11 is 0. The molecule has 0 saturated carbocycles. The van der Waals surface area contributed by atoms with Crippen molar-refractivity contribution < 1.29 is 9.53 Å². The number of carbonyl (C=O) groups is 1. The number of aromatic nitrogens is 4. The summed E-state index contributed by atoms with van der Waals surface area (Å²) in [6, 6.07) is 0.253. The van der Waals surface area contributed by atoms with Gasteiger partial charge in [-0.05, 0) is 48.1 Å². The Morgan fingerprint density at radius 2 is 2.08 bits per heavy atom. The van der Waals surface area contributed by atoms with Gasteiger partial charge in [0.2, 0.25) is 5.91 Å². The van der Waals surface area contributed by atoms with Crippen LogP contribution in [0.25, 0.3) is 0 Å². The zero-order valence-electron chi connectivity index (χ0n) is 15.3. The van der Waals surface area contributed by atoms with Gasteiger partial charge in [0.25, 0.3) is 0 Å². The van der Waals surface area contributed by atoms with Gasteiger partial charge in [0, 0.05) is 44.8 Å². The molecule has 0 aliphatic carbocycles. The van der Waals surface area contributed by atoms with Crippen molar-refractivity contribution in [3.05, 3.63) is 6.33 Å². The molecule has 140 valence electrons. The maximum atomic E-state index is 12.6. The molecule has 2 saturated heterocycles. The molecule has 2 fully saturated rings. The Labute approximate surface area is 149 Å². The van der Waals surface area contributed by atoms with Gasteiger partial charge in [-0.2, -0.15) is 0 Å². The number of rotatable bonds is 7. The van der Waals surface area contributed by atoms with Crippen molar-refractivity contribution in [2.45, 2.75) is 45.7 Å². The van der Waals surface area contributed by atoms with Gasteiger partial charge in [0.15, 0.2) is 0 Å². The molecule has 8 nitrogen and oxygen atoms in total. The van der Waals surface area contributed by atoms with Crippen LogP contribution in [0.5, 0.6) is 0 Å². The smallest absolute Gasteiger partial charge is 0.223 e. The second-order valence-electron chi connectivity index (χ2n) is 7.60. The van der Waals surface area contributed by atoms with E-state index < -0.39 is 0 Å². The van der Waals surface area contributed by atoms with E-state index in [0.29, 0.717) is 25.0 Å². The third-order valence-electron chi connectivity index (χ3n) is 5.47. The molecule has 0 radical (unpaired) electrons. The van der Waals surface area contributed by atoms with Gasteiger partial charge in [0.05, 0.1) is 0 Å². The average Bonchev–Trinajstić information content (AvgIpc) is 3.26. The summed E-state index contributed by atoms with van der Waals surface area (Å²) in [6.45, 7) is 9.74. The van der Waals surface area contributed by atoms with Crippen LogP contribution in [0.2, 0.25) is 0 Å². The van der Waals surface area contributed by atoms with Crippen LogP contribution in [-0.2, 0) is 16.1 Å². The number of nitrogens with zero attached hydrogens (tertiary/aromatic N) is 5. The number of nitrogens with one attached hydrogen (secondary N) is 1. The number of likely N-dealkylation sites (tertiary alicyclic amines) is 1. The number of amides is 1. The Bertz CT molecular complexity index is 529. The summed E-state index contributed by atoms with van der Waals surface area (Å²) in [7, 11) is 0. The molecule has 3 rings (SSSR count). The summed E-state index contributed by atoms with van der Waals surface area (Å²) in [4.78, 5) is 15.0. The molecule has 1 aromatic rings. The standard InChI is InChI=1S/C17H30N6O2/c1-13(2)15-10-22(6-3-7-23-12-18-20-21-23)11-16(15)19-17(24)14-4-8-25-9-5-14/h12-16H,3-11H2,1-2H3,(H,19,24). The SMILES string of the molecule is CC(C)C1CN(CCCn2cnnn2)CC1NC(=O)C1CCOCC1. The fourth-order valence-corrected chi connectivity index (χ4v) is 3.92. The zero-order valence-corrected chi connectivity index (χ0v) is 15.3. The minimum Gasteiger partial charge on any atom is -0.381 e. The van der Waals surface area contributed by atoms with E-state index in [-0.39, 0.29) is 17.9 Å². The Morgan fingerprint density at radius 1 is 1.28 bits per heavy atom. The fraction of sp³-hybridized carbons (Fsp3) is 0.882. The Hall–Kier alpha value is -1.54. The molecular weight excluding hydrogens is 320 g/mol. The van der Waals surface area contributed by atoms with E-state index >= 15 is 0 Å². The lowest BCUT2D eigenvalue weighted by Crippen LogP contribution is -2.45. The Morgan fingerprint density at radius 3 is 2.76 bits per heavy atom. The second kappa shape index (κ2) is 8.71. The van der Waals surface area contributed by atoms with Gasteiger partial charge in [-0.25, -0.2) is 4.68 Å². The van der Waals surface area contributed by atoms with Crippen LogP contribution < -0.4 is 5.32 Å². The van der Waals surface area contributed by atoms with Gasteiger partial charge in [-0.3, -0.25) is 4.79 Å². The van der Waals surface area contributed by atoms with E-state index in [1.54, 1.807) is 11.0 Å². The third kappa shape index (κ3) is 4.98. The van der Waals surface area contributed by atoms with Crippen LogP contribution in [0.1, 0.15) is 33.1 Å². The van der Waals surface area contributed by atoms with Crippen molar-refractivity contribution in [1.82, 2.24) is 30.4 Å². The molecule has 2 aliphatic rings. The highest BCUT2D eigenvalue weighted by molar-refractivity contribution is 5.79. The normalized spacial score (nSPS) is 25.6. The molecule has 0 spiro atoms. The maximum absolute atomic E-state index is 12.6. The van der Waals surface area contributed by atoms with Gasteiger partial charge < -0.3 is 15.0 Å². The van der Waals surface area contributed by atoms with E-state index in [9.17, 15) is 4.79 Å². The average molecular weight is 350 g/mol. The molecule has 25 heavy (non-hydrogen) atoms. The highest BCUT2D eigenvalue weighted by Crippen LogP contribution is 2.25. The van der Waals surface area contributed by atoms with Crippen LogP contribution in [0.15, 0.2) is 6.33 Å². The monoisotopic (exact) mass is 350 g/mol. The highest BCUT2D eigenvalue weighted by atomic mass is 16.5. The van der Waals surface area contributed by atoms with Gasteiger partial charge in [-0.15, -0.1) is 5.10 Å². The molecule has 3 heterocycles. The lowest BCUT2D eigenvalue weighted by Gasteiger charge is -2.27. The van der Waals surface area contributed by atoms with Crippen molar-refractivity contribution in [2.75, 3.05) is 32.8 Å². The van der Waals surface area contributed by atoms with Gasteiger partial charge in [-0.1, -0.05) is 13.8 Å². The van der Waals surface area contributed by atoms with Crippen LogP contribution in [0.3, 0.4) is 0 Å². The number of carbonyl (C=O) groups excluding carboxylic acids is 1. The van der Waals surface area contributed by atoms with Crippen molar-refractivity contribution in [3.8, 4) is 0 Å². The van der Waals surface area contributed by atoms with E-state index in [1.807, 2.05) is 0 Å². The number of aryl methyl sites for hydroxylation is 1. The topological polar surface area (TPSA) is 85.2 Å². The molecule has 2 atom stereocenters. The molecule has 0 bridgehead atoms. The number of ether oxygens (including phenoxy) is 1. The Kier molecular flexibility index (Phi) is 6.36. The predicted molar refractivity (Wildman–Crippen MR) is 92.7 cm³/mol. The molecule has 1 amide bonds. The molecule has 1 N–H and O–H groups in total. The number of hydrogen-bond donors (Lipinski definition) is 1. The quantitative estimate of drug-likeness (QED) is 0.773. The molecule has 1 aromatic heterocycles. The zero-order chi connectivity index (χ0) is 17.6. The first-order chi connectivity index (χ1) is 12.1. The van der Waals surface area contributed by atoms with Crippen molar-refractivity contribution >= 4 is 5.91 Å². The lowest BCUT2D eigenvalue weighted by atomic mass is 9.90. The van der Waals surface area contributed by atoms with Crippen LogP contribution in [-0.4, -0.2) is 69.9 Å². The van der Waals surface area contributed by atoms with E-state index in [2.05, 4.69) is 39.6 Å². The molecule has 0 aromatic carbocycles. The van der Waals surface area contributed by atoms with Crippen molar-refractivity contribution in [3.63, 3.8) is 0 Å². The summed E-state index contributed by atoms with van der Waals surface area (Å²) in [5.41, 5.74) is 0. The van der Waals surface area contributed by atoms with E-state index in [1.165, 1.54) is 0 Å². The summed E-state index contributed by atoms with van der Waals surface area (Å²) in [5.74, 6) is 1.41. The fourth-order valence-electron chi connectivity index (χ4n) is 3.92. The summed E-state index contributed by atoms with van der Waals surface area (Å²) in [5, 5.41) is 14.6. The minimum absolute atomic E-state index is 0.121. The van der Waals surface area contributed by atoms with Gasteiger partial charge >= 0.3 is 0 Å². The lowest BCUT2D eigenvalue weighted by molar-refractivity contribution is -0.128. The van der Waals surface area contributed by atoms with Crippen LogP contribution >= 0.6 is 0 Å². The predicted octanol–water partition coefficient (Wildman–Crippen LogP) is 0.562. The second-order valence-corrected chi connectivity index (χ2v) is 7.60. The summed E-state index contributed by atoms with van der Waals surface area (Å²) in [6.07, 6.45) is 4.36. The summed E-state index contributed by atoms with van der Waals surface area (Å²) < 4.78 is 7.13. The third-order valence-corrected chi connectivity index (χ3v) is 5.47. The first-order valence-corrected chi connectivity index (χ1v) is 9.44. The van der Waals surface area contributed by atoms with Crippen LogP contribution in [0.4, 0.5) is 0 Å². The molecule has 8 heteroatoms. The first kappa shape index (κ1) is 18.3. The number of tetrazole rings is 1. The minimum atomic E-state index is 0.121. The number of hydrogen-bond acceptors (Lipinski definition) is 6. The van der Waals surface area contributed by atoms with Crippen molar-refractivity contribution in [1.29, 1.82) is 0 Å². The largest absolute Gasteiger partial charge is 0.381 e. The first-order valence-electron chi connectivity index (χ1n) is 9.44. The van der Waals surface area contributed by atoms with Gasteiger partial charge in [0.1, 0.15) is 6.33 Å². The maximum Gasteiger partial charge on any atom is 0.223 e. The Balaban J connectivity index is 1.48.